The summed E-state index contributed by atoms with van der Waals surface area (Å²) in [5.74, 6) is 0.792. The predicted octanol–water partition coefficient (Wildman–Crippen LogP) is 4.69. The molecule has 3 fully saturated rings. The molecule has 3 aliphatic rings. The van der Waals surface area contributed by atoms with E-state index in [1.807, 2.05) is 13.8 Å². The van der Waals surface area contributed by atoms with Gasteiger partial charge in [-0.3, -0.25) is 9.69 Å². The van der Waals surface area contributed by atoms with Crippen LogP contribution in [0.5, 0.6) is 0 Å². The molecule has 1 saturated heterocycles. The molecule has 0 unspecified atom stereocenters. The van der Waals surface area contributed by atoms with Gasteiger partial charge in [-0.2, -0.15) is 13.2 Å². The maximum Gasteiger partial charge on any atom is 0.416 e. The van der Waals surface area contributed by atoms with E-state index in [0.717, 1.165) is 57.7 Å². The number of hydrogen-bond acceptors (Lipinski definition) is 3. The Morgan fingerprint density at radius 1 is 1.06 bits per heavy atom. The molecular weight excluding hydrogens is 469 g/mol. The molecule has 3 N–H and O–H groups in total. The van der Waals surface area contributed by atoms with Crippen LogP contribution >= 0.6 is 0 Å². The van der Waals surface area contributed by atoms with Crippen molar-refractivity contribution >= 4 is 11.9 Å². The summed E-state index contributed by atoms with van der Waals surface area (Å²) in [7, 11) is 0. The Balaban J connectivity index is 1.32. The molecule has 0 aromatic heterocycles. The Hall–Kier alpha value is -2.29. The fraction of sp³-hybridized carbons (Fsp3) is 0.704. The SMILES string of the molecule is CC(C)C[C@H](NC(=O)NC1CCCC1)C(=O)N[C@@H]1CC[C@H]2CN(Cc3cccc(C(F)(F)F)c3)C[C@H]21. The number of nitrogens with zero attached hydrogens (tertiary/aromatic N) is 1. The number of benzene rings is 1. The van der Waals surface area contributed by atoms with E-state index in [-0.39, 0.29) is 35.9 Å². The summed E-state index contributed by atoms with van der Waals surface area (Å²) in [5, 5.41) is 9.12. The molecule has 1 aromatic carbocycles. The van der Waals surface area contributed by atoms with Crippen molar-refractivity contribution in [1.82, 2.24) is 20.9 Å². The normalized spacial score (nSPS) is 25.7. The minimum Gasteiger partial charge on any atom is -0.351 e. The van der Waals surface area contributed by atoms with Crippen LogP contribution < -0.4 is 16.0 Å². The van der Waals surface area contributed by atoms with Crippen LogP contribution in [0.2, 0.25) is 0 Å². The van der Waals surface area contributed by atoms with E-state index in [4.69, 9.17) is 0 Å². The molecule has 1 aromatic rings. The van der Waals surface area contributed by atoms with Gasteiger partial charge in [0.15, 0.2) is 0 Å². The zero-order chi connectivity index (χ0) is 25.9. The molecule has 0 radical (unpaired) electrons. The Bertz CT molecular complexity index is 917. The van der Waals surface area contributed by atoms with Crippen molar-refractivity contribution in [2.45, 2.75) is 89.6 Å². The van der Waals surface area contributed by atoms with Gasteiger partial charge in [0.05, 0.1) is 5.56 Å². The van der Waals surface area contributed by atoms with Crippen LogP contribution in [0.4, 0.5) is 18.0 Å². The van der Waals surface area contributed by atoms with Gasteiger partial charge in [-0.25, -0.2) is 4.79 Å². The zero-order valence-corrected chi connectivity index (χ0v) is 21.2. The molecule has 1 aliphatic heterocycles. The second kappa shape index (κ2) is 11.4. The monoisotopic (exact) mass is 508 g/mol. The molecule has 4 rings (SSSR count). The summed E-state index contributed by atoms with van der Waals surface area (Å²) in [6.07, 6.45) is 2.30. The third kappa shape index (κ3) is 6.93. The number of carbonyl (C=O) groups excluding carboxylic acids is 2. The smallest absolute Gasteiger partial charge is 0.351 e. The van der Waals surface area contributed by atoms with Crippen molar-refractivity contribution < 1.29 is 22.8 Å². The first kappa shape index (κ1) is 26.8. The number of alkyl halides is 3. The van der Waals surface area contributed by atoms with Gasteiger partial charge >= 0.3 is 12.2 Å². The lowest BCUT2D eigenvalue weighted by Crippen LogP contribution is -2.54. The zero-order valence-electron chi connectivity index (χ0n) is 21.2. The highest BCUT2D eigenvalue weighted by Crippen LogP contribution is 2.39. The lowest BCUT2D eigenvalue weighted by atomic mass is 9.97. The molecule has 4 atom stereocenters. The highest BCUT2D eigenvalue weighted by Gasteiger charge is 2.43. The predicted molar refractivity (Wildman–Crippen MR) is 132 cm³/mol. The van der Waals surface area contributed by atoms with Gasteiger partial charge in [0.2, 0.25) is 5.91 Å². The van der Waals surface area contributed by atoms with Gasteiger partial charge in [-0.15, -0.1) is 0 Å². The van der Waals surface area contributed by atoms with Crippen molar-refractivity contribution in [3.05, 3.63) is 35.4 Å². The van der Waals surface area contributed by atoms with Gasteiger partial charge in [0, 0.05) is 31.7 Å². The van der Waals surface area contributed by atoms with Crippen LogP contribution in [0.1, 0.15) is 69.9 Å². The second-order valence-electron chi connectivity index (χ2n) is 11.3. The average molecular weight is 509 g/mol. The number of carbonyl (C=O) groups is 2. The number of likely N-dealkylation sites (tertiary alicyclic amines) is 1. The molecule has 1 heterocycles. The van der Waals surface area contributed by atoms with Gasteiger partial charge in [0.1, 0.15) is 6.04 Å². The largest absolute Gasteiger partial charge is 0.416 e. The minimum absolute atomic E-state index is 0.0170. The van der Waals surface area contributed by atoms with Crippen LogP contribution in [0.3, 0.4) is 0 Å². The molecule has 2 aliphatic carbocycles. The first-order valence-electron chi connectivity index (χ1n) is 13.3. The minimum atomic E-state index is -4.35. The summed E-state index contributed by atoms with van der Waals surface area (Å²) >= 11 is 0. The number of nitrogens with one attached hydrogen (secondary N) is 3. The first-order valence-corrected chi connectivity index (χ1v) is 13.3. The van der Waals surface area contributed by atoms with E-state index in [9.17, 15) is 22.8 Å². The maximum atomic E-state index is 13.2. The molecule has 6 nitrogen and oxygen atoms in total. The van der Waals surface area contributed by atoms with Crippen LogP contribution in [0.15, 0.2) is 24.3 Å². The third-order valence-electron chi connectivity index (χ3n) is 7.94. The van der Waals surface area contributed by atoms with Crippen LogP contribution in [-0.4, -0.2) is 48.1 Å². The fourth-order valence-electron chi connectivity index (χ4n) is 6.21. The van der Waals surface area contributed by atoms with Crippen LogP contribution in [0, 0.1) is 17.8 Å². The van der Waals surface area contributed by atoms with Gasteiger partial charge in [-0.1, -0.05) is 44.9 Å². The Morgan fingerprint density at radius 2 is 1.81 bits per heavy atom. The van der Waals surface area contributed by atoms with Crippen LogP contribution in [-0.2, 0) is 17.5 Å². The van der Waals surface area contributed by atoms with Crippen molar-refractivity contribution in [1.29, 1.82) is 0 Å². The van der Waals surface area contributed by atoms with E-state index in [2.05, 4.69) is 20.9 Å². The van der Waals surface area contributed by atoms with Crippen molar-refractivity contribution in [2.24, 2.45) is 17.8 Å². The van der Waals surface area contributed by atoms with E-state index >= 15 is 0 Å². The molecular formula is C27H39F3N4O2. The summed E-state index contributed by atoms with van der Waals surface area (Å²) in [6, 6.07) is 4.86. The number of halogens is 3. The molecule has 9 heteroatoms. The van der Waals surface area contributed by atoms with Gasteiger partial charge in [-0.05, 0) is 61.5 Å². The summed E-state index contributed by atoms with van der Waals surface area (Å²) in [4.78, 5) is 28.0. The van der Waals surface area contributed by atoms with Crippen molar-refractivity contribution in [3.8, 4) is 0 Å². The number of urea groups is 1. The van der Waals surface area contributed by atoms with E-state index in [0.29, 0.717) is 24.4 Å². The molecule has 0 spiro atoms. The second-order valence-corrected chi connectivity index (χ2v) is 11.3. The third-order valence-corrected chi connectivity index (χ3v) is 7.94. The van der Waals surface area contributed by atoms with Crippen molar-refractivity contribution in [2.75, 3.05) is 13.1 Å². The molecule has 36 heavy (non-hydrogen) atoms. The average Bonchev–Trinajstić information content (AvgIpc) is 3.52. The topological polar surface area (TPSA) is 73.5 Å². The summed E-state index contributed by atoms with van der Waals surface area (Å²) in [6.45, 7) is 6.10. The first-order chi connectivity index (χ1) is 17.1. The van der Waals surface area contributed by atoms with Crippen molar-refractivity contribution in [3.63, 3.8) is 0 Å². The van der Waals surface area contributed by atoms with E-state index in [1.54, 1.807) is 6.07 Å². The molecule has 0 bridgehead atoms. The van der Waals surface area contributed by atoms with Gasteiger partial charge in [0.25, 0.3) is 0 Å². The molecule has 2 saturated carbocycles. The van der Waals surface area contributed by atoms with E-state index < -0.39 is 17.8 Å². The quantitative estimate of drug-likeness (QED) is 0.477. The Morgan fingerprint density at radius 3 is 2.50 bits per heavy atom. The highest BCUT2D eigenvalue weighted by molar-refractivity contribution is 5.87. The lowest BCUT2D eigenvalue weighted by molar-refractivity contribution is -0.137. The Labute approximate surface area is 211 Å². The number of amides is 3. The Kier molecular flexibility index (Phi) is 8.48. The maximum absolute atomic E-state index is 13.2. The number of fused-ring (bicyclic) bond motifs is 1. The number of hydrogen-bond donors (Lipinski definition) is 3. The number of rotatable bonds is 8. The standard InChI is InChI=1S/C27H39F3N4O2/c1-17(2)12-24(33-26(36)31-21-8-3-4-9-21)25(35)32-23-11-10-19-15-34(16-22(19)23)14-18-6-5-7-20(13-18)27(28,29)30/h5-7,13,17,19,21-24H,3-4,8-12,14-16H2,1-2H3,(H,32,35)(H2,31,33,36)/t19-,22+,23+,24-/m0/s1. The summed E-state index contributed by atoms with van der Waals surface area (Å²) in [5.41, 5.74) is 0.0325. The van der Waals surface area contributed by atoms with Gasteiger partial charge < -0.3 is 16.0 Å². The molecule has 3 amide bonds. The van der Waals surface area contributed by atoms with E-state index in [1.165, 1.54) is 12.1 Å². The molecule has 200 valence electrons. The fourth-order valence-corrected chi connectivity index (χ4v) is 6.21. The van der Waals surface area contributed by atoms with Crippen LogP contribution in [0.25, 0.3) is 0 Å². The summed E-state index contributed by atoms with van der Waals surface area (Å²) < 4.78 is 39.2. The highest BCUT2D eigenvalue weighted by atomic mass is 19.4. The lowest BCUT2D eigenvalue weighted by Gasteiger charge is -2.26.